The zero-order valence-corrected chi connectivity index (χ0v) is 63.9. The molecule has 0 radical (unpaired) electrons. The predicted octanol–water partition coefficient (Wildman–Crippen LogP) is 23.6. The van der Waals surface area contributed by atoms with Gasteiger partial charge in [0.2, 0.25) is 0 Å². The maximum atomic E-state index is 14.8. The van der Waals surface area contributed by atoms with E-state index in [1.165, 1.54) is 41.8 Å². The first kappa shape index (κ1) is 66.0. The Hall–Kier alpha value is -2.46. The van der Waals surface area contributed by atoms with Crippen LogP contribution in [0, 0.1) is 0 Å². The van der Waals surface area contributed by atoms with Crippen LogP contribution in [0.5, 0.6) is 0 Å². The number of benzene rings is 2. The van der Waals surface area contributed by atoms with Gasteiger partial charge in [0.15, 0.2) is 39.1 Å². The van der Waals surface area contributed by atoms with Crippen molar-refractivity contribution in [3.05, 3.63) is 170 Å². The maximum absolute atomic E-state index is 14.8. The molecule has 0 amide bonds. The number of fused-ring (bicyclic) bond motifs is 3. The molecule has 0 bridgehead atoms. The Kier molecular flexibility index (Phi) is 19.2. The van der Waals surface area contributed by atoms with Crippen molar-refractivity contribution in [2.45, 2.75) is 179 Å². The summed E-state index contributed by atoms with van der Waals surface area (Å²) in [6.07, 6.45) is 9.66. The van der Waals surface area contributed by atoms with Gasteiger partial charge in [0.25, 0.3) is 0 Å². The molecule has 450 valence electrons. The van der Waals surface area contributed by atoms with Crippen molar-refractivity contribution in [2.75, 3.05) is 26.4 Å². The van der Waals surface area contributed by atoms with Crippen molar-refractivity contribution in [3.8, 4) is 32.0 Å². The van der Waals surface area contributed by atoms with E-state index in [4.69, 9.17) is 17.7 Å². The highest BCUT2D eigenvalue weighted by Crippen LogP contribution is 2.52. The molecule has 0 unspecified atom stereocenters. The van der Waals surface area contributed by atoms with E-state index < -0.39 is 33.3 Å². The fourth-order valence-electron chi connectivity index (χ4n) is 10.1. The van der Waals surface area contributed by atoms with Crippen LogP contribution in [0.3, 0.4) is 0 Å². The van der Waals surface area contributed by atoms with E-state index in [-0.39, 0.29) is 49.6 Å². The Labute approximate surface area is 541 Å². The van der Waals surface area contributed by atoms with Crippen LogP contribution >= 0.6 is 77.2 Å². The number of halogens is 2. The summed E-state index contributed by atoms with van der Waals surface area (Å²) in [4.78, 5) is 22.2. The highest BCUT2D eigenvalue weighted by Gasteiger charge is 2.44. The van der Waals surface area contributed by atoms with Gasteiger partial charge in [0.05, 0.1) is 34.0 Å². The lowest BCUT2D eigenvalue weighted by Gasteiger charge is -2.40. The molecular weight excluding hydrogens is 1310 g/mol. The highest BCUT2D eigenvalue weighted by molar-refractivity contribution is 9.11. The molecule has 3 aliphatic rings. The molecule has 84 heavy (non-hydrogen) atoms. The van der Waals surface area contributed by atoms with Gasteiger partial charge in [-0.2, -0.15) is 0 Å². The third kappa shape index (κ3) is 13.7. The second kappa shape index (κ2) is 24.4. The second-order valence-corrected chi connectivity index (χ2v) is 56.0. The van der Waals surface area contributed by atoms with Crippen molar-refractivity contribution in [1.29, 1.82) is 0 Å². The van der Waals surface area contributed by atoms with Gasteiger partial charge in [0, 0.05) is 64.1 Å². The molecule has 4 heterocycles. The lowest BCUT2D eigenvalue weighted by atomic mass is 9.81. The van der Waals surface area contributed by atoms with E-state index in [2.05, 4.69) is 277 Å². The number of hydrogen-bond acceptors (Lipinski definition) is 9. The van der Waals surface area contributed by atoms with Gasteiger partial charge >= 0.3 is 0 Å². The van der Waals surface area contributed by atoms with Crippen LogP contribution in [0.1, 0.15) is 142 Å². The zero-order chi connectivity index (χ0) is 61.5. The summed E-state index contributed by atoms with van der Waals surface area (Å²) in [5.74, 6) is 0.344. The Morgan fingerprint density at radius 3 is 0.881 bits per heavy atom. The Bertz CT molecular complexity index is 3330. The molecule has 0 fully saturated rings. The zero-order valence-electron chi connectivity index (χ0n) is 53.5. The van der Waals surface area contributed by atoms with Crippen LogP contribution < -0.4 is 0 Å². The number of thiophene rings is 4. The normalized spacial score (nSPS) is 19.3. The van der Waals surface area contributed by atoms with Gasteiger partial charge in [-0.3, -0.25) is 4.79 Å². The van der Waals surface area contributed by atoms with Crippen molar-refractivity contribution in [3.63, 3.8) is 0 Å². The summed E-state index contributed by atoms with van der Waals surface area (Å²) in [7, 11) is -8.48. The summed E-state index contributed by atoms with van der Waals surface area (Å²) in [6.45, 7) is 49.0. The van der Waals surface area contributed by atoms with E-state index >= 15 is 0 Å². The molecule has 2 aromatic carbocycles. The van der Waals surface area contributed by atoms with Gasteiger partial charge in [-0.1, -0.05) is 132 Å². The monoisotopic (exact) mass is 1400 g/mol. The molecule has 3 aliphatic carbocycles. The fraction of sp³-hybridized carbons (Fsp3) is 0.464. The van der Waals surface area contributed by atoms with E-state index in [0.29, 0.717) is 26.4 Å². The molecule has 4 atom stereocenters. The molecule has 9 rings (SSSR count). The molecule has 0 N–H and O–H groups in total. The minimum Gasteiger partial charge on any atom is -0.413 e. The molecule has 6 aromatic rings. The third-order valence-electron chi connectivity index (χ3n) is 20.0. The summed E-state index contributed by atoms with van der Waals surface area (Å²) < 4.78 is 30.9. The lowest BCUT2D eigenvalue weighted by molar-refractivity contribution is 0.104. The largest absolute Gasteiger partial charge is 0.413 e. The first-order valence-electron chi connectivity index (χ1n) is 29.8. The summed E-state index contributed by atoms with van der Waals surface area (Å²) in [5.41, 5.74) is 10.9. The average molecular weight is 1400 g/mol. The highest BCUT2D eigenvalue weighted by atomic mass is 79.9. The molecular formula is C69H90Br2O5S4Si4. The van der Waals surface area contributed by atoms with E-state index in [1.807, 2.05) is 22.7 Å². The second-order valence-electron chi connectivity index (χ2n) is 29.5. The molecule has 5 nitrogen and oxygen atoms in total. The van der Waals surface area contributed by atoms with Crippen molar-refractivity contribution < 1.29 is 22.5 Å². The van der Waals surface area contributed by atoms with E-state index in [0.717, 1.165) is 50.7 Å². The van der Waals surface area contributed by atoms with E-state index in [1.54, 1.807) is 22.7 Å². The molecule has 4 aromatic heterocycles. The predicted molar refractivity (Wildman–Crippen MR) is 382 cm³/mol. The number of allylic oxidation sites excluding steroid dienone is 4. The average Bonchev–Trinajstić information content (AvgIpc) is 1.99. The van der Waals surface area contributed by atoms with Crippen molar-refractivity contribution >= 4 is 116 Å². The molecule has 0 aliphatic heterocycles. The number of ketones is 1. The smallest absolute Gasteiger partial charge is 0.194 e. The summed E-state index contributed by atoms with van der Waals surface area (Å²) in [6, 6.07) is 31.0. The van der Waals surface area contributed by atoms with Crippen LogP contribution in [-0.2, 0) is 17.7 Å². The van der Waals surface area contributed by atoms with Gasteiger partial charge in [-0.25, -0.2) is 0 Å². The van der Waals surface area contributed by atoms with Gasteiger partial charge in [0.1, 0.15) is 0 Å². The van der Waals surface area contributed by atoms with Crippen molar-refractivity contribution in [2.24, 2.45) is 0 Å². The van der Waals surface area contributed by atoms with Gasteiger partial charge in [-0.05, 0) is 210 Å². The Morgan fingerprint density at radius 1 is 0.369 bits per heavy atom. The van der Waals surface area contributed by atoms with E-state index in [9.17, 15) is 4.79 Å². The van der Waals surface area contributed by atoms with Crippen LogP contribution in [0.15, 0.2) is 139 Å². The lowest BCUT2D eigenvalue weighted by Crippen LogP contribution is -2.42. The topological polar surface area (TPSA) is 54.0 Å². The van der Waals surface area contributed by atoms with Gasteiger partial charge < -0.3 is 17.7 Å². The Balaban J connectivity index is 1.02. The van der Waals surface area contributed by atoms with Gasteiger partial charge in [-0.15, -0.1) is 45.3 Å². The molecule has 0 saturated heterocycles. The summed E-state index contributed by atoms with van der Waals surface area (Å²) in [5, 5.41) is 0.276. The molecule has 0 saturated carbocycles. The molecule has 0 spiro atoms. The summed E-state index contributed by atoms with van der Waals surface area (Å²) >= 11 is 14.8. The van der Waals surface area contributed by atoms with Crippen LogP contribution in [-0.4, -0.2) is 65.5 Å². The number of rotatable bonds is 18. The quantitative estimate of drug-likeness (QED) is 0.0633. The van der Waals surface area contributed by atoms with Crippen LogP contribution in [0.4, 0.5) is 0 Å². The SMILES string of the molecule is CC(C)(C)[Si](C)(C)OCC1=C(CO[Si](C)(C)C(C)(C)C)[C@@H](c2ccc(-c3ccc4c(c3)C(=O)c3cc(-c5ccc([C@H]6C=C[C@@H](c7ccc(Br)s7)C(CO[Si](C)(C)C(C)(C)C)=C6CO[Si](C)(C)C(C)(C)C)s5)ccc3-4)s2)C=C[C@H]1c1ccc(Br)s1. The molecule has 15 heteroatoms. The minimum atomic E-state index is -2.13. The number of carbonyl (C=O) groups is 1. The number of hydrogen-bond donors (Lipinski definition) is 0. The first-order chi connectivity index (χ1) is 38.9. The maximum Gasteiger partial charge on any atom is 0.194 e. The van der Waals surface area contributed by atoms with Crippen molar-refractivity contribution in [1.82, 2.24) is 0 Å². The first-order valence-corrected chi connectivity index (χ1v) is 46.3. The number of carbonyl (C=O) groups excluding carboxylic acids is 1. The van der Waals surface area contributed by atoms with Crippen LogP contribution in [0.25, 0.3) is 32.0 Å². The standard InChI is InChI=1S/C69H90Br2O5S4Si4/c1-66(2,3)81(13,14)73-39-53-47(25-27-49(61-33-35-63(70)79-61)55(53)41-75-83(17,18)68(7,8)9)59-31-29-57(77-59)43-21-23-45-46-24-22-44(38-52(46)65(72)51(45)37-43)58-30-32-60(78-58)48-26-28-50(62-34-36-64(71)80-62)56(42-76-84(19,20)69(10,11)12)54(48)40-74-82(15,16)67(4,5)6/h21-38,47-50H,39-42H2,1-20H3/t47-,48-,49+,50+/m0/s1. The van der Waals surface area contributed by atoms with Crippen LogP contribution in [0.2, 0.25) is 72.5 Å². The minimum absolute atomic E-state index is 0.0317. The Morgan fingerprint density at radius 2 is 0.631 bits per heavy atom. The third-order valence-corrected chi connectivity index (χ3v) is 43.7. The fourth-order valence-corrected chi connectivity index (χ4v) is 19.2.